The van der Waals surface area contributed by atoms with E-state index in [-0.39, 0.29) is 0 Å². The molecule has 0 N–H and O–H groups in total. The molecule has 19 heavy (non-hydrogen) atoms. The number of hydrogen-bond acceptors (Lipinski definition) is 2. The van der Waals surface area contributed by atoms with E-state index in [1.807, 2.05) is 0 Å². The molecule has 1 aromatic rings. The number of rotatable bonds is 3. The van der Waals surface area contributed by atoms with Crippen LogP contribution in [0.25, 0.3) is 0 Å². The summed E-state index contributed by atoms with van der Waals surface area (Å²) >= 11 is 0. The minimum atomic E-state index is 0.511. The van der Waals surface area contributed by atoms with Crippen molar-refractivity contribution in [2.24, 2.45) is 0 Å². The van der Waals surface area contributed by atoms with Gasteiger partial charge in [0.2, 0.25) is 0 Å². The van der Waals surface area contributed by atoms with Gasteiger partial charge in [-0.2, -0.15) is 0 Å². The number of benzene rings is 1. The SMILES string of the molecule is CCN1C[C@H](C)N(C(C)c2cccc(C)c2)C[C@H]1C. The molecule has 1 heterocycles. The Morgan fingerprint density at radius 1 is 1.21 bits per heavy atom. The summed E-state index contributed by atoms with van der Waals surface area (Å²) in [5.41, 5.74) is 2.81. The molecule has 0 spiro atoms. The van der Waals surface area contributed by atoms with Crippen molar-refractivity contribution in [3.05, 3.63) is 35.4 Å². The lowest BCUT2D eigenvalue weighted by molar-refractivity contribution is 0.0216. The standard InChI is InChI=1S/C17H28N2/c1-6-18-11-15(4)19(12-14(18)3)16(5)17-9-7-8-13(2)10-17/h7-10,14-16H,6,11-12H2,1-5H3/t14-,15+,16?/m1/s1. The van der Waals surface area contributed by atoms with Gasteiger partial charge in [0.15, 0.2) is 0 Å². The number of piperazine rings is 1. The largest absolute Gasteiger partial charge is 0.298 e. The van der Waals surface area contributed by atoms with E-state index in [1.165, 1.54) is 24.2 Å². The zero-order valence-electron chi connectivity index (χ0n) is 13.1. The molecule has 1 fully saturated rings. The summed E-state index contributed by atoms with van der Waals surface area (Å²) in [6, 6.07) is 10.8. The molecule has 106 valence electrons. The van der Waals surface area contributed by atoms with Crippen molar-refractivity contribution in [1.29, 1.82) is 0 Å². The average molecular weight is 260 g/mol. The Morgan fingerprint density at radius 2 is 1.95 bits per heavy atom. The van der Waals surface area contributed by atoms with Gasteiger partial charge in [-0.05, 0) is 39.8 Å². The molecule has 1 aromatic carbocycles. The first-order chi connectivity index (χ1) is 9.02. The number of hydrogen-bond donors (Lipinski definition) is 0. The van der Waals surface area contributed by atoms with Crippen molar-refractivity contribution in [1.82, 2.24) is 9.80 Å². The van der Waals surface area contributed by atoms with Crippen molar-refractivity contribution in [3.63, 3.8) is 0 Å². The lowest BCUT2D eigenvalue weighted by Gasteiger charge is -2.46. The van der Waals surface area contributed by atoms with Gasteiger partial charge < -0.3 is 0 Å². The molecule has 2 nitrogen and oxygen atoms in total. The van der Waals surface area contributed by atoms with Crippen LogP contribution in [0.4, 0.5) is 0 Å². The minimum Gasteiger partial charge on any atom is -0.298 e. The minimum absolute atomic E-state index is 0.511. The van der Waals surface area contributed by atoms with E-state index in [2.05, 4.69) is 68.7 Å². The fourth-order valence-corrected chi connectivity index (χ4v) is 3.33. The Labute approximate surface area is 118 Å². The molecule has 1 aliphatic heterocycles. The van der Waals surface area contributed by atoms with Gasteiger partial charge in [0.05, 0.1) is 0 Å². The Hall–Kier alpha value is -0.860. The highest BCUT2D eigenvalue weighted by atomic mass is 15.3. The van der Waals surface area contributed by atoms with Crippen molar-refractivity contribution >= 4 is 0 Å². The van der Waals surface area contributed by atoms with E-state index in [9.17, 15) is 0 Å². The first kappa shape index (κ1) is 14.5. The van der Waals surface area contributed by atoms with E-state index < -0.39 is 0 Å². The van der Waals surface area contributed by atoms with Gasteiger partial charge in [-0.25, -0.2) is 0 Å². The summed E-state index contributed by atoms with van der Waals surface area (Å²) in [6.07, 6.45) is 0. The van der Waals surface area contributed by atoms with E-state index in [0.29, 0.717) is 18.1 Å². The highest BCUT2D eigenvalue weighted by Crippen LogP contribution is 2.27. The highest BCUT2D eigenvalue weighted by molar-refractivity contribution is 5.25. The molecule has 0 saturated carbocycles. The lowest BCUT2D eigenvalue weighted by Crippen LogP contribution is -2.56. The molecule has 2 rings (SSSR count). The van der Waals surface area contributed by atoms with Crippen molar-refractivity contribution < 1.29 is 0 Å². The molecule has 2 heteroatoms. The van der Waals surface area contributed by atoms with Crippen LogP contribution in [0.2, 0.25) is 0 Å². The molecule has 1 aliphatic rings. The molecular formula is C17H28N2. The topological polar surface area (TPSA) is 6.48 Å². The molecule has 0 aromatic heterocycles. The third-order valence-corrected chi connectivity index (χ3v) is 4.59. The molecule has 1 unspecified atom stereocenters. The predicted molar refractivity (Wildman–Crippen MR) is 82.5 cm³/mol. The first-order valence-electron chi connectivity index (χ1n) is 7.59. The maximum Gasteiger partial charge on any atom is 0.0323 e. The number of nitrogens with zero attached hydrogens (tertiary/aromatic N) is 2. The van der Waals surface area contributed by atoms with Gasteiger partial charge in [-0.1, -0.05) is 36.8 Å². The predicted octanol–water partition coefficient (Wildman–Crippen LogP) is 3.47. The molecule has 0 radical (unpaired) electrons. The van der Waals surface area contributed by atoms with Crippen LogP contribution in [-0.2, 0) is 0 Å². The van der Waals surface area contributed by atoms with E-state index in [1.54, 1.807) is 0 Å². The maximum absolute atomic E-state index is 2.66. The smallest absolute Gasteiger partial charge is 0.0323 e. The normalized spacial score (nSPS) is 27.4. The number of aryl methyl sites for hydroxylation is 1. The Bertz CT molecular complexity index is 415. The Morgan fingerprint density at radius 3 is 2.58 bits per heavy atom. The van der Waals surface area contributed by atoms with Gasteiger partial charge in [0.1, 0.15) is 0 Å². The van der Waals surface area contributed by atoms with Crippen molar-refractivity contribution in [2.45, 2.75) is 52.7 Å². The first-order valence-corrected chi connectivity index (χ1v) is 7.59. The van der Waals surface area contributed by atoms with Gasteiger partial charge in [0.25, 0.3) is 0 Å². The average Bonchev–Trinajstić information content (AvgIpc) is 2.40. The van der Waals surface area contributed by atoms with Crippen molar-refractivity contribution in [2.75, 3.05) is 19.6 Å². The second kappa shape index (κ2) is 6.06. The molecular weight excluding hydrogens is 232 g/mol. The van der Waals surface area contributed by atoms with Crippen LogP contribution in [0, 0.1) is 6.92 Å². The third-order valence-electron chi connectivity index (χ3n) is 4.59. The van der Waals surface area contributed by atoms with Crippen LogP contribution in [0.3, 0.4) is 0 Å². The molecule has 0 amide bonds. The third kappa shape index (κ3) is 3.18. The second-order valence-electron chi connectivity index (χ2n) is 6.07. The highest BCUT2D eigenvalue weighted by Gasteiger charge is 2.31. The van der Waals surface area contributed by atoms with Crippen LogP contribution in [-0.4, -0.2) is 41.5 Å². The van der Waals surface area contributed by atoms with Crippen LogP contribution in [0.5, 0.6) is 0 Å². The van der Waals surface area contributed by atoms with E-state index in [0.717, 1.165) is 6.54 Å². The fourth-order valence-electron chi connectivity index (χ4n) is 3.33. The second-order valence-corrected chi connectivity index (χ2v) is 6.07. The summed E-state index contributed by atoms with van der Waals surface area (Å²) in [5, 5.41) is 0. The molecule has 0 bridgehead atoms. The Balaban J connectivity index is 2.13. The van der Waals surface area contributed by atoms with E-state index in [4.69, 9.17) is 0 Å². The molecule has 3 atom stereocenters. The Kier molecular flexibility index (Phi) is 4.64. The number of likely N-dealkylation sites (N-methyl/N-ethyl adjacent to an activating group) is 1. The van der Waals surface area contributed by atoms with Crippen LogP contribution in [0.1, 0.15) is 44.9 Å². The van der Waals surface area contributed by atoms with E-state index >= 15 is 0 Å². The lowest BCUT2D eigenvalue weighted by atomic mass is 10.00. The summed E-state index contributed by atoms with van der Waals surface area (Å²) in [6.45, 7) is 15.0. The van der Waals surface area contributed by atoms with Gasteiger partial charge in [-0.3, -0.25) is 9.80 Å². The zero-order valence-corrected chi connectivity index (χ0v) is 13.1. The summed E-state index contributed by atoms with van der Waals surface area (Å²) in [7, 11) is 0. The van der Waals surface area contributed by atoms with Crippen LogP contribution >= 0.6 is 0 Å². The van der Waals surface area contributed by atoms with Crippen molar-refractivity contribution in [3.8, 4) is 0 Å². The molecule has 1 saturated heterocycles. The summed E-state index contributed by atoms with van der Waals surface area (Å²) < 4.78 is 0. The molecule has 0 aliphatic carbocycles. The quantitative estimate of drug-likeness (QED) is 0.821. The van der Waals surface area contributed by atoms with Gasteiger partial charge >= 0.3 is 0 Å². The van der Waals surface area contributed by atoms with Crippen LogP contribution < -0.4 is 0 Å². The monoisotopic (exact) mass is 260 g/mol. The summed E-state index contributed by atoms with van der Waals surface area (Å²) in [5.74, 6) is 0. The zero-order chi connectivity index (χ0) is 14.0. The van der Waals surface area contributed by atoms with Gasteiger partial charge in [0, 0.05) is 31.2 Å². The van der Waals surface area contributed by atoms with Crippen LogP contribution in [0.15, 0.2) is 24.3 Å². The fraction of sp³-hybridized carbons (Fsp3) is 0.647. The summed E-state index contributed by atoms with van der Waals surface area (Å²) in [4.78, 5) is 5.25. The maximum atomic E-state index is 2.66. The van der Waals surface area contributed by atoms with Gasteiger partial charge in [-0.15, -0.1) is 0 Å².